The Labute approximate surface area is 82.9 Å². The van der Waals surface area contributed by atoms with Crippen LogP contribution in [-0.4, -0.2) is 34.0 Å². The van der Waals surface area contributed by atoms with Gasteiger partial charge in [-0.15, -0.1) is 6.42 Å². The molecule has 4 heteroatoms. The SMILES string of the molecule is C#CC(=O)N1CCCC1(CC)C(=O)O. The zero-order chi connectivity index (χ0) is 10.8. The first-order chi connectivity index (χ1) is 6.58. The van der Waals surface area contributed by atoms with E-state index in [4.69, 9.17) is 11.5 Å². The lowest BCUT2D eigenvalue weighted by Crippen LogP contribution is -2.52. The fraction of sp³-hybridized carbons (Fsp3) is 0.600. The molecule has 1 rings (SSSR count). The fourth-order valence-electron chi connectivity index (χ4n) is 1.99. The molecule has 1 fully saturated rings. The Balaban J connectivity index is 3.01. The molecule has 1 unspecified atom stereocenters. The van der Waals surface area contributed by atoms with Gasteiger partial charge in [-0.2, -0.15) is 0 Å². The van der Waals surface area contributed by atoms with E-state index in [-0.39, 0.29) is 0 Å². The molecule has 0 aromatic heterocycles. The number of likely N-dealkylation sites (tertiary alicyclic amines) is 1. The van der Waals surface area contributed by atoms with Crippen molar-refractivity contribution in [3.63, 3.8) is 0 Å². The number of carboxylic acid groups (broad SMARTS) is 1. The Kier molecular flexibility index (Phi) is 2.80. The van der Waals surface area contributed by atoms with E-state index in [2.05, 4.69) is 0 Å². The molecule has 1 heterocycles. The van der Waals surface area contributed by atoms with Gasteiger partial charge in [-0.3, -0.25) is 4.79 Å². The van der Waals surface area contributed by atoms with Crippen LogP contribution in [0.1, 0.15) is 26.2 Å². The number of carboxylic acids is 1. The second-order valence-corrected chi connectivity index (χ2v) is 3.39. The molecule has 0 aliphatic carbocycles. The number of hydrogen-bond donors (Lipinski definition) is 1. The Bertz CT molecular complexity index is 305. The van der Waals surface area contributed by atoms with Gasteiger partial charge in [0.25, 0.3) is 5.91 Å². The van der Waals surface area contributed by atoms with Crippen LogP contribution in [0.3, 0.4) is 0 Å². The largest absolute Gasteiger partial charge is 0.479 e. The van der Waals surface area contributed by atoms with Crippen molar-refractivity contribution in [1.29, 1.82) is 0 Å². The van der Waals surface area contributed by atoms with Crippen LogP contribution in [0.15, 0.2) is 0 Å². The van der Waals surface area contributed by atoms with E-state index in [1.165, 1.54) is 4.90 Å². The molecule has 1 aliphatic heterocycles. The van der Waals surface area contributed by atoms with Crippen LogP contribution in [0.5, 0.6) is 0 Å². The third-order valence-electron chi connectivity index (χ3n) is 2.84. The van der Waals surface area contributed by atoms with Gasteiger partial charge < -0.3 is 10.0 Å². The summed E-state index contributed by atoms with van der Waals surface area (Å²) < 4.78 is 0. The quantitative estimate of drug-likeness (QED) is 0.652. The van der Waals surface area contributed by atoms with E-state index in [0.29, 0.717) is 25.8 Å². The first-order valence-electron chi connectivity index (χ1n) is 4.60. The van der Waals surface area contributed by atoms with Crippen LogP contribution >= 0.6 is 0 Å². The molecule has 0 aromatic rings. The lowest BCUT2D eigenvalue weighted by atomic mass is 9.93. The molecule has 1 atom stereocenters. The predicted molar refractivity (Wildman–Crippen MR) is 50.4 cm³/mol. The second kappa shape index (κ2) is 3.70. The number of carbonyl (C=O) groups excluding carboxylic acids is 1. The van der Waals surface area contributed by atoms with Crippen LogP contribution in [0.2, 0.25) is 0 Å². The summed E-state index contributed by atoms with van der Waals surface area (Å²) in [4.78, 5) is 23.7. The van der Waals surface area contributed by atoms with Crippen molar-refractivity contribution in [2.45, 2.75) is 31.7 Å². The van der Waals surface area contributed by atoms with Crippen molar-refractivity contribution in [3.8, 4) is 12.3 Å². The molecule has 76 valence electrons. The smallest absolute Gasteiger partial charge is 0.329 e. The van der Waals surface area contributed by atoms with Gasteiger partial charge in [0, 0.05) is 6.54 Å². The molecule has 0 aromatic carbocycles. The normalized spacial score (nSPS) is 25.9. The standard InChI is InChI=1S/C10H13NO3/c1-3-8(12)11-7-5-6-10(11,4-2)9(13)14/h1H,4-7H2,2H3,(H,13,14). The van der Waals surface area contributed by atoms with Crippen LogP contribution in [0, 0.1) is 12.3 Å². The number of terminal acetylenes is 1. The summed E-state index contributed by atoms with van der Waals surface area (Å²) in [7, 11) is 0. The average molecular weight is 195 g/mol. The topological polar surface area (TPSA) is 57.6 Å². The van der Waals surface area contributed by atoms with Crippen molar-refractivity contribution < 1.29 is 14.7 Å². The molecule has 4 nitrogen and oxygen atoms in total. The molecule has 1 amide bonds. The highest BCUT2D eigenvalue weighted by atomic mass is 16.4. The van der Waals surface area contributed by atoms with Gasteiger partial charge in [0.15, 0.2) is 0 Å². The monoisotopic (exact) mass is 195 g/mol. The summed E-state index contributed by atoms with van der Waals surface area (Å²) in [6.45, 7) is 2.21. The highest BCUT2D eigenvalue weighted by Gasteiger charge is 2.48. The number of aliphatic carboxylic acids is 1. The van der Waals surface area contributed by atoms with E-state index >= 15 is 0 Å². The third-order valence-corrected chi connectivity index (χ3v) is 2.84. The minimum absolute atomic E-state index is 0.399. The maximum Gasteiger partial charge on any atom is 0.329 e. The number of carbonyl (C=O) groups is 2. The lowest BCUT2D eigenvalue weighted by molar-refractivity contribution is -0.154. The first kappa shape index (κ1) is 10.6. The van der Waals surface area contributed by atoms with Crippen LogP contribution in [0.25, 0.3) is 0 Å². The molecule has 1 saturated heterocycles. The van der Waals surface area contributed by atoms with Crippen molar-refractivity contribution >= 4 is 11.9 Å². The molecule has 1 aliphatic rings. The van der Waals surface area contributed by atoms with E-state index < -0.39 is 17.4 Å². The zero-order valence-corrected chi connectivity index (χ0v) is 8.12. The summed E-state index contributed by atoms with van der Waals surface area (Å²) in [6.07, 6.45) is 6.59. The van der Waals surface area contributed by atoms with Crippen LogP contribution in [-0.2, 0) is 9.59 Å². The van der Waals surface area contributed by atoms with Crippen molar-refractivity contribution in [2.24, 2.45) is 0 Å². The molecular weight excluding hydrogens is 182 g/mol. The summed E-state index contributed by atoms with van der Waals surface area (Å²) in [6, 6.07) is 0. The van der Waals surface area contributed by atoms with E-state index in [0.717, 1.165) is 0 Å². The van der Waals surface area contributed by atoms with Crippen LogP contribution < -0.4 is 0 Å². The van der Waals surface area contributed by atoms with Gasteiger partial charge >= 0.3 is 5.97 Å². The zero-order valence-electron chi connectivity index (χ0n) is 8.12. The van der Waals surface area contributed by atoms with Crippen molar-refractivity contribution in [2.75, 3.05) is 6.54 Å². The molecule has 14 heavy (non-hydrogen) atoms. The Morgan fingerprint density at radius 3 is 2.71 bits per heavy atom. The summed E-state index contributed by atoms with van der Waals surface area (Å²) in [5.74, 6) is 0.496. The molecule has 0 bridgehead atoms. The molecule has 0 spiro atoms. The van der Waals surface area contributed by atoms with Gasteiger partial charge in [0.2, 0.25) is 0 Å². The Hall–Kier alpha value is -1.50. The fourth-order valence-corrected chi connectivity index (χ4v) is 1.99. The van der Waals surface area contributed by atoms with Gasteiger partial charge in [-0.05, 0) is 25.2 Å². The highest BCUT2D eigenvalue weighted by Crippen LogP contribution is 2.32. The summed E-state index contributed by atoms with van der Waals surface area (Å²) in [5, 5.41) is 9.12. The van der Waals surface area contributed by atoms with E-state index in [1.807, 2.05) is 5.92 Å². The Morgan fingerprint density at radius 2 is 2.29 bits per heavy atom. The Morgan fingerprint density at radius 1 is 1.64 bits per heavy atom. The first-order valence-corrected chi connectivity index (χ1v) is 4.60. The maximum atomic E-state index is 11.3. The maximum absolute atomic E-state index is 11.3. The molecular formula is C10H13NO3. The third kappa shape index (κ3) is 1.35. The number of nitrogens with zero attached hydrogens (tertiary/aromatic N) is 1. The van der Waals surface area contributed by atoms with Gasteiger partial charge in [0.05, 0.1) is 0 Å². The second-order valence-electron chi connectivity index (χ2n) is 3.39. The van der Waals surface area contributed by atoms with Gasteiger partial charge in [-0.1, -0.05) is 6.92 Å². The number of rotatable bonds is 2. The van der Waals surface area contributed by atoms with E-state index in [1.54, 1.807) is 6.92 Å². The highest BCUT2D eigenvalue weighted by molar-refractivity contribution is 5.97. The van der Waals surface area contributed by atoms with Crippen molar-refractivity contribution in [3.05, 3.63) is 0 Å². The minimum Gasteiger partial charge on any atom is -0.479 e. The van der Waals surface area contributed by atoms with Gasteiger partial charge in [0.1, 0.15) is 5.54 Å². The minimum atomic E-state index is -1.07. The predicted octanol–water partition coefficient (Wildman–Crippen LogP) is 0.475. The summed E-state index contributed by atoms with van der Waals surface area (Å²) in [5.41, 5.74) is -1.07. The molecule has 0 radical (unpaired) electrons. The average Bonchev–Trinajstić information content (AvgIpc) is 2.61. The van der Waals surface area contributed by atoms with Crippen molar-refractivity contribution in [1.82, 2.24) is 4.90 Å². The van der Waals surface area contributed by atoms with Crippen LogP contribution in [0.4, 0.5) is 0 Å². The molecule has 0 saturated carbocycles. The lowest BCUT2D eigenvalue weighted by Gasteiger charge is -2.32. The van der Waals surface area contributed by atoms with E-state index in [9.17, 15) is 9.59 Å². The van der Waals surface area contributed by atoms with Gasteiger partial charge in [-0.25, -0.2) is 4.79 Å². The number of amides is 1. The summed E-state index contributed by atoms with van der Waals surface area (Å²) >= 11 is 0. The molecule has 1 N–H and O–H groups in total. The number of hydrogen-bond acceptors (Lipinski definition) is 2.